The third-order valence-electron chi connectivity index (χ3n) is 2.80. The topological polar surface area (TPSA) is 87.6 Å². The molecular weight excluding hydrogens is 300 g/mol. The van der Waals surface area contributed by atoms with Crippen molar-refractivity contribution in [1.82, 2.24) is 9.88 Å². The van der Waals surface area contributed by atoms with Crippen LogP contribution >= 0.6 is 21.6 Å². The van der Waals surface area contributed by atoms with Gasteiger partial charge in [0.05, 0.1) is 0 Å². The first-order chi connectivity index (χ1) is 9.45. The molecule has 0 aliphatic carbocycles. The number of aromatic nitrogens is 1. The zero-order chi connectivity index (χ0) is 14.8. The molecule has 6 nitrogen and oxygen atoms in total. The zero-order valence-corrected chi connectivity index (χ0v) is 12.2. The summed E-state index contributed by atoms with van der Waals surface area (Å²) in [6.07, 6.45) is 1.72. The number of carbonyl (C=O) groups excluding carboxylic acids is 2. The molecule has 0 bridgehead atoms. The third kappa shape index (κ3) is 2.80. The second kappa shape index (κ2) is 5.84. The molecule has 1 aliphatic heterocycles. The summed E-state index contributed by atoms with van der Waals surface area (Å²) in [6, 6.07) is 5.26. The van der Waals surface area contributed by atoms with Crippen molar-refractivity contribution in [2.45, 2.75) is 29.7 Å². The molecule has 0 radical (unpaired) electrons. The van der Waals surface area contributed by atoms with Crippen molar-refractivity contribution in [3.05, 3.63) is 24.4 Å². The van der Waals surface area contributed by atoms with Crippen molar-refractivity contribution in [3.63, 3.8) is 0 Å². The summed E-state index contributed by atoms with van der Waals surface area (Å²) >= 11 is 0. The van der Waals surface area contributed by atoms with Crippen LogP contribution in [-0.4, -0.2) is 37.6 Å². The highest BCUT2D eigenvalue weighted by molar-refractivity contribution is 8.77. The molecule has 1 fully saturated rings. The molecule has 1 N–H and O–H groups in total. The van der Waals surface area contributed by atoms with Crippen LogP contribution in [0, 0.1) is 0 Å². The predicted octanol–water partition coefficient (Wildman–Crippen LogP) is 1.77. The van der Waals surface area contributed by atoms with Crippen molar-refractivity contribution in [2.24, 2.45) is 0 Å². The number of amides is 2. The summed E-state index contributed by atoms with van der Waals surface area (Å²) in [5.41, 5.74) is 0. The number of carboxylic acids is 1. The molecule has 1 atom stereocenters. The highest BCUT2D eigenvalue weighted by atomic mass is 33.1. The molecule has 1 aromatic rings. The number of imide groups is 1. The van der Waals surface area contributed by atoms with E-state index >= 15 is 0 Å². The summed E-state index contributed by atoms with van der Waals surface area (Å²) in [5.74, 6) is -2.13. The van der Waals surface area contributed by atoms with E-state index in [4.69, 9.17) is 0 Å². The number of rotatable bonds is 5. The van der Waals surface area contributed by atoms with E-state index in [-0.39, 0.29) is 12.8 Å². The number of pyridine rings is 1. The normalized spacial score (nSPS) is 18.1. The Morgan fingerprint density at radius 1 is 1.35 bits per heavy atom. The molecule has 2 rings (SSSR count). The van der Waals surface area contributed by atoms with Crippen LogP contribution in [-0.2, 0) is 14.4 Å². The first-order valence-electron chi connectivity index (χ1n) is 5.81. The Hall–Kier alpha value is -1.54. The lowest BCUT2D eigenvalue weighted by Gasteiger charge is -2.31. The number of nitrogens with zero attached hydrogens (tertiary/aromatic N) is 2. The maximum Gasteiger partial charge on any atom is 0.341 e. The molecule has 2 heterocycles. The molecule has 2 amide bonds. The standard InChI is InChI=1S/C12H12N2O4S2/c1-12(11(17)18,14-9(15)5-6-10(14)16)20-19-8-4-2-3-7-13-8/h2-4,7H,5-6H2,1H3,(H,17,18). The van der Waals surface area contributed by atoms with Gasteiger partial charge in [-0.2, -0.15) is 0 Å². The zero-order valence-electron chi connectivity index (χ0n) is 10.6. The molecule has 106 valence electrons. The Morgan fingerprint density at radius 3 is 2.50 bits per heavy atom. The molecule has 0 saturated carbocycles. The van der Waals surface area contributed by atoms with Gasteiger partial charge in [0.15, 0.2) is 0 Å². The molecule has 0 spiro atoms. The van der Waals surface area contributed by atoms with E-state index in [1.807, 2.05) is 0 Å². The van der Waals surface area contributed by atoms with Gasteiger partial charge < -0.3 is 5.11 Å². The van der Waals surface area contributed by atoms with E-state index in [1.165, 1.54) is 6.92 Å². The Bertz CT molecular complexity index is 536. The fourth-order valence-electron chi connectivity index (χ4n) is 1.74. The monoisotopic (exact) mass is 312 g/mol. The molecule has 8 heteroatoms. The minimum absolute atomic E-state index is 0.0660. The molecular formula is C12H12N2O4S2. The van der Waals surface area contributed by atoms with Gasteiger partial charge in [-0.25, -0.2) is 9.78 Å². The SMILES string of the molecule is CC(SSc1ccccn1)(C(=O)O)N1C(=O)CCC1=O. The van der Waals surface area contributed by atoms with E-state index < -0.39 is 22.7 Å². The summed E-state index contributed by atoms with van der Waals surface area (Å²) < 4.78 is 0. The van der Waals surface area contributed by atoms with Gasteiger partial charge in [-0.1, -0.05) is 6.07 Å². The van der Waals surface area contributed by atoms with E-state index in [1.54, 1.807) is 24.4 Å². The molecule has 1 aliphatic rings. The summed E-state index contributed by atoms with van der Waals surface area (Å²) in [7, 11) is 2.05. The molecule has 0 aromatic carbocycles. The summed E-state index contributed by atoms with van der Waals surface area (Å²) in [4.78, 5) is 38.3. The largest absolute Gasteiger partial charge is 0.479 e. The smallest absolute Gasteiger partial charge is 0.341 e. The number of carboxylic acid groups (broad SMARTS) is 1. The Kier molecular flexibility index (Phi) is 4.34. The molecule has 20 heavy (non-hydrogen) atoms. The lowest BCUT2D eigenvalue weighted by molar-refractivity contribution is -0.155. The quantitative estimate of drug-likeness (QED) is 0.655. The van der Waals surface area contributed by atoms with Crippen LogP contribution in [0.3, 0.4) is 0 Å². The second-order valence-electron chi connectivity index (χ2n) is 4.25. The van der Waals surface area contributed by atoms with E-state index in [0.717, 1.165) is 26.5 Å². The van der Waals surface area contributed by atoms with Crippen molar-refractivity contribution in [3.8, 4) is 0 Å². The first-order valence-corrected chi connectivity index (χ1v) is 7.96. The Labute approximate surface area is 123 Å². The second-order valence-corrected chi connectivity index (χ2v) is 6.79. The number of aliphatic carboxylic acids is 1. The number of likely N-dealkylation sites (tertiary alicyclic amines) is 1. The highest BCUT2D eigenvalue weighted by Gasteiger charge is 2.49. The van der Waals surface area contributed by atoms with Crippen LogP contribution in [0.2, 0.25) is 0 Å². The van der Waals surface area contributed by atoms with Crippen LogP contribution in [0.25, 0.3) is 0 Å². The lowest BCUT2D eigenvalue weighted by Crippen LogP contribution is -2.52. The number of hydrogen-bond acceptors (Lipinski definition) is 6. The van der Waals surface area contributed by atoms with Crippen molar-refractivity contribution >= 4 is 39.4 Å². The van der Waals surface area contributed by atoms with Crippen LogP contribution in [0.15, 0.2) is 29.4 Å². The average Bonchev–Trinajstić information content (AvgIpc) is 2.77. The average molecular weight is 312 g/mol. The maximum atomic E-state index is 11.8. The van der Waals surface area contributed by atoms with E-state index in [0.29, 0.717) is 5.03 Å². The lowest BCUT2D eigenvalue weighted by atomic mass is 10.3. The van der Waals surface area contributed by atoms with Crippen LogP contribution in [0.1, 0.15) is 19.8 Å². The Morgan fingerprint density at radius 2 is 2.00 bits per heavy atom. The van der Waals surface area contributed by atoms with Gasteiger partial charge in [-0.15, -0.1) is 0 Å². The van der Waals surface area contributed by atoms with Crippen LogP contribution < -0.4 is 0 Å². The van der Waals surface area contributed by atoms with Gasteiger partial charge in [0.2, 0.25) is 16.7 Å². The van der Waals surface area contributed by atoms with Gasteiger partial charge in [0.1, 0.15) is 5.03 Å². The van der Waals surface area contributed by atoms with Gasteiger partial charge in [-0.3, -0.25) is 14.5 Å². The highest BCUT2D eigenvalue weighted by Crippen LogP contribution is 2.44. The van der Waals surface area contributed by atoms with Gasteiger partial charge >= 0.3 is 5.97 Å². The number of hydrogen-bond donors (Lipinski definition) is 1. The third-order valence-corrected chi connectivity index (χ3v) is 5.72. The molecule has 1 unspecified atom stereocenters. The van der Waals surface area contributed by atoms with Gasteiger partial charge in [0, 0.05) is 19.0 Å². The molecule has 1 aromatic heterocycles. The molecule has 1 saturated heterocycles. The van der Waals surface area contributed by atoms with Gasteiger partial charge in [0.25, 0.3) is 0 Å². The van der Waals surface area contributed by atoms with Crippen molar-refractivity contribution < 1.29 is 19.5 Å². The Balaban J connectivity index is 2.19. The summed E-state index contributed by atoms with van der Waals surface area (Å²) in [6.45, 7) is 1.36. The fourth-order valence-corrected chi connectivity index (χ4v) is 4.05. The van der Waals surface area contributed by atoms with E-state index in [9.17, 15) is 19.5 Å². The van der Waals surface area contributed by atoms with Crippen LogP contribution in [0.4, 0.5) is 0 Å². The van der Waals surface area contributed by atoms with E-state index in [2.05, 4.69) is 4.98 Å². The predicted molar refractivity (Wildman–Crippen MR) is 74.8 cm³/mol. The fraction of sp³-hybridized carbons (Fsp3) is 0.333. The van der Waals surface area contributed by atoms with Crippen molar-refractivity contribution in [2.75, 3.05) is 0 Å². The maximum absolute atomic E-state index is 11.8. The summed E-state index contributed by atoms with van der Waals surface area (Å²) in [5, 5.41) is 10.0. The number of carbonyl (C=O) groups is 3. The van der Waals surface area contributed by atoms with Gasteiger partial charge in [-0.05, 0) is 40.6 Å². The first kappa shape index (κ1) is 14.9. The van der Waals surface area contributed by atoms with Crippen molar-refractivity contribution in [1.29, 1.82) is 0 Å². The minimum atomic E-state index is -1.63. The van der Waals surface area contributed by atoms with Crippen LogP contribution in [0.5, 0.6) is 0 Å². The minimum Gasteiger partial charge on any atom is -0.479 e.